The van der Waals surface area contributed by atoms with E-state index in [1.165, 1.54) is 0 Å². The quantitative estimate of drug-likeness (QED) is 0.585. The van der Waals surface area contributed by atoms with Crippen molar-refractivity contribution < 1.29 is 28.9 Å². The molecular weight excluding hydrogens is 400 g/mol. The van der Waals surface area contributed by atoms with Crippen LogP contribution in [0.4, 0.5) is 4.79 Å². The van der Waals surface area contributed by atoms with Gasteiger partial charge in [0, 0.05) is 23.9 Å². The van der Waals surface area contributed by atoms with Crippen LogP contribution in [-0.2, 0) is 27.4 Å². The number of amides is 1. The highest BCUT2D eigenvalue weighted by atomic mass is 16.5. The molecule has 2 N–H and O–H groups in total. The number of aryl methyl sites for hydroxylation is 1. The van der Waals surface area contributed by atoms with Crippen LogP contribution in [0.15, 0.2) is 30.5 Å². The smallest absolute Gasteiger partial charge is 0.407 e. The van der Waals surface area contributed by atoms with Crippen molar-refractivity contribution in [3.05, 3.63) is 58.4 Å². The molecule has 0 unspecified atom stereocenters. The molecule has 0 aliphatic rings. The first kappa shape index (κ1) is 24.1. The van der Waals surface area contributed by atoms with Gasteiger partial charge < -0.3 is 24.6 Å². The maximum absolute atomic E-state index is 12.1. The minimum absolute atomic E-state index is 0.0251. The van der Waals surface area contributed by atoms with Gasteiger partial charge in [-0.15, -0.1) is 0 Å². The van der Waals surface area contributed by atoms with E-state index in [0.29, 0.717) is 5.69 Å². The fraction of sp³-hybridized carbons (Fsp3) is 0.435. The molecule has 0 radical (unpaired) electrons. The second-order valence-electron chi connectivity index (χ2n) is 7.49. The van der Waals surface area contributed by atoms with Crippen LogP contribution < -0.4 is 10.1 Å². The van der Waals surface area contributed by atoms with Crippen LogP contribution in [0, 0.1) is 13.8 Å². The number of pyridine rings is 1. The maximum Gasteiger partial charge on any atom is 0.407 e. The molecule has 2 aromatic rings. The lowest BCUT2D eigenvalue weighted by molar-refractivity contribution is -0.141. The number of nitrogens with zero attached hydrogens (tertiary/aromatic N) is 1. The van der Waals surface area contributed by atoms with Gasteiger partial charge in [0.05, 0.1) is 31.4 Å². The number of methoxy groups -OCH3 is 1. The standard InChI is InChI=1S/C23H30N2O6/c1-14(2)31-20(10-21(26)27)18-8-6-7-17(9-18)12-25-23(28)30-13-19-16(4)22(29-5)15(3)11-24-19/h6-9,11,14,20H,10,12-13H2,1-5H3,(H,25,28)(H,26,27)/t20-/m0/s1. The molecule has 8 nitrogen and oxygen atoms in total. The highest BCUT2D eigenvalue weighted by Crippen LogP contribution is 2.25. The van der Waals surface area contributed by atoms with E-state index in [-0.39, 0.29) is 25.7 Å². The number of carbonyl (C=O) groups excluding carboxylic acids is 1. The molecule has 1 amide bonds. The molecule has 8 heteroatoms. The Morgan fingerprint density at radius 2 is 1.97 bits per heavy atom. The summed E-state index contributed by atoms with van der Waals surface area (Å²) in [6.07, 6.45) is 0.296. The highest BCUT2D eigenvalue weighted by molar-refractivity contribution is 5.68. The van der Waals surface area contributed by atoms with E-state index in [9.17, 15) is 9.59 Å². The van der Waals surface area contributed by atoms with Gasteiger partial charge >= 0.3 is 12.1 Å². The van der Waals surface area contributed by atoms with Crippen LogP contribution in [0.2, 0.25) is 0 Å². The molecule has 0 aliphatic carbocycles. The summed E-state index contributed by atoms with van der Waals surface area (Å²) >= 11 is 0. The number of carboxylic acid groups (broad SMARTS) is 1. The number of hydrogen-bond donors (Lipinski definition) is 2. The van der Waals surface area contributed by atoms with E-state index in [1.807, 2.05) is 52.0 Å². The van der Waals surface area contributed by atoms with Crippen LogP contribution in [0.3, 0.4) is 0 Å². The Morgan fingerprint density at radius 3 is 2.61 bits per heavy atom. The lowest BCUT2D eigenvalue weighted by Crippen LogP contribution is -2.24. The third kappa shape index (κ3) is 7.25. The summed E-state index contributed by atoms with van der Waals surface area (Å²) in [6, 6.07) is 7.29. The fourth-order valence-corrected chi connectivity index (χ4v) is 3.21. The predicted molar refractivity (Wildman–Crippen MR) is 115 cm³/mol. The molecule has 0 aliphatic heterocycles. The van der Waals surface area contributed by atoms with Crippen LogP contribution in [0.25, 0.3) is 0 Å². The van der Waals surface area contributed by atoms with E-state index in [4.69, 9.17) is 19.3 Å². The van der Waals surface area contributed by atoms with Gasteiger partial charge in [-0.1, -0.05) is 24.3 Å². The summed E-state index contributed by atoms with van der Waals surface area (Å²) in [6.45, 7) is 7.74. The highest BCUT2D eigenvalue weighted by Gasteiger charge is 2.18. The zero-order valence-corrected chi connectivity index (χ0v) is 18.6. The molecule has 0 fully saturated rings. The zero-order valence-electron chi connectivity index (χ0n) is 18.6. The number of alkyl carbamates (subject to hydrolysis) is 1. The van der Waals surface area contributed by atoms with Crippen molar-refractivity contribution in [2.45, 2.75) is 59.5 Å². The fourth-order valence-electron chi connectivity index (χ4n) is 3.21. The van der Waals surface area contributed by atoms with Crippen LogP contribution in [-0.4, -0.2) is 35.4 Å². The first-order valence-electron chi connectivity index (χ1n) is 10.1. The summed E-state index contributed by atoms with van der Waals surface area (Å²) in [5.41, 5.74) is 3.93. The third-order valence-electron chi connectivity index (χ3n) is 4.65. The number of hydrogen-bond acceptors (Lipinski definition) is 6. The number of benzene rings is 1. The average molecular weight is 431 g/mol. The maximum atomic E-state index is 12.1. The number of carboxylic acids is 1. The molecule has 0 bridgehead atoms. The van der Waals surface area contributed by atoms with Crippen molar-refractivity contribution in [2.75, 3.05) is 7.11 Å². The average Bonchev–Trinajstić information content (AvgIpc) is 2.71. The van der Waals surface area contributed by atoms with Gasteiger partial charge in [0.1, 0.15) is 12.4 Å². The molecule has 0 saturated heterocycles. The minimum Gasteiger partial charge on any atom is -0.496 e. The van der Waals surface area contributed by atoms with Crippen molar-refractivity contribution in [2.24, 2.45) is 0 Å². The van der Waals surface area contributed by atoms with Crippen LogP contribution in [0.1, 0.15) is 54.3 Å². The van der Waals surface area contributed by atoms with Gasteiger partial charge in [0.2, 0.25) is 0 Å². The molecule has 0 saturated carbocycles. The summed E-state index contributed by atoms with van der Waals surface area (Å²) in [7, 11) is 1.59. The van der Waals surface area contributed by atoms with E-state index in [2.05, 4.69) is 10.3 Å². The number of aromatic nitrogens is 1. The van der Waals surface area contributed by atoms with Gasteiger partial charge in [0.25, 0.3) is 0 Å². The normalized spacial score (nSPS) is 11.8. The van der Waals surface area contributed by atoms with Crippen molar-refractivity contribution in [1.29, 1.82) is 0 Å². The van der Waals surface area contributed by atoms with Crippen molar-refractivity contribution >= 4 is 12.1 Å². The van der Waals surface area contributed by atoms with E-state index < -0.39 is 18.2 Å². The van der Waals surface area contributed by atoms with Crippen molar-refractivity contribution in [1.82, 2.24) is 10.3 Å². The van der Waals surface area contributed by atoms with Crippen LogP contribution >= 0.6 is 0 Å². The Kier molecular flexibility index (Phi) is 8.81. The van der Waals surface area contributed by atoms with Gasteiger partial charge in [0.15, 0.2) is 0 Å². The second-order valence-corrected chi connectivity index (χ2v) is 7.49. The first-order valence-corrected chi connectivity index (χ1v) is 10.1. The van der Waals surface area contributed by atoms with E-state index in [0.717, 1.165) is 28.0 Å². The van der Waals surface area contributed by atoms with E-state index >= 15 is 0 Å². The minimum atomic E-state index is -0.936. The Balaban J connectivity index is 1.96. The summed E-state index contributed by atoms with van der Waals surface area (Å²) in [5.74, 6) is -0.209. The summed E-state index contributed by atoms with van der Waals surface area (Å²) in [5, 5.41) is 11.9. The largest absolute Gasteiger partial charge is 0.496 e. The molecule has 1 heterocycles. The molecule has 0 spiro atoms. The SMILES string of the molecule is COc1c(C)cnc(COC(=O)NCc2cccc([C@H](CC(=O)O)OC(C)C)c2)c1C. The molecular formula is C23H30N2O6. The number of carbonyl (C=O) groups is 2. The Hall–Kier alpha value is -3.13. The van der Waals surface area contributed by atoms with Crippen molar-refractivity contribution in [3.8, 4) is 5.75 Å². The molecule has 31 heavy (non-hydrogen) atoms. The summed E-state index contributed by atoms with van der Waals surface area (Å²) < 4.78 is 16.4. The Labute approximate surface area is 182 Å². The van der Waals surface area contributed by atoms with E-state index in [1.54, 1.807) is 13.3 Å². The number of rotatable bonds is 10. The van der Waals surface area contributed by atoms with Gasteiger partial charge in [-0.05, 0) is 38.8 Å². The molecule has 168 valence electrons. The first-order chi connectivity index (χ1) is 14.7. The van der Waals surface area contributed by atoms with Crippen molar-refractivity contribution in [3.63, 3.8) is 0 Å². The monoisotopic (exact) mass is 430 g/mol. The van der Waals surface area contributed by atoms with Crippen LogP contribution in [0.5, 0.6) is 5.75 Å². The predicted octanol–water partition coefficient (Wildman–Crippen LogP) is 4.07. The van der Waals surface area contributed by atoms with Gasteiger partial charge in [-0.2, -0.15) is 0 Å². The Morgan fingerprint density at radius 1 is 1.23 bits per heavy atom. The van der Waals surface area contributed by atoms with Gasteiger partial charge in [-0.3, -0.25) is 9.78 Å². The van der Waals surface area contributed by atoms with Gasteiger partial charge in [-0.25, -0.2) is 4.79 Å². The topological polar surface area (TPSA) is 107 Å². The molecule has 1 aromatic heterocycles. The number of aliphatic carboxylic acids is 1. The number of ether oxygens (including phenoxy) is 3. The lowest BCUT2D eigenvalue weighted by Gasteiger charge is -2.20. The molecule has 1 aromatic carbocycles. The molecule has 2 rings (SSSR count). The molecule has 1 atom stereocenters. The summed E-state index contributed by atoms with van der Waals surface area (Å²) in [4.78, 5) is 27.6. The Bertz CT molecular complexity index is 913. The third-order valence-corrected chi connectivity index (χ3v) is 4.65. The second kappa shape index (κ2) is 11.3. The lowest BCUT2D eigenvalue weighted by atomic mass is 10.0. The zero-order chi connectivity index (χ0) is 23.0. The number of nitrogens with one attached hydrogen (secondary N) is 1.